The van der Waals surface area contributed by atoms with Crippen molar-refractivity contribution in [3.63, 3.8) is 0 Å². The van der Waals surface area contributed by atoms with Crippen LogP contribution in [0.25, 0.3) is 10.9 Å². The minimum absolute atomic E-state index is 0.0274. The first-order valence-corrected chi connectivity index (χ1v) is 12.2. The van der Waals surface area contributed by atoms with Crippen molar-refractivity contribution < 1.29 is 13.2 Å². The minimum atomic E-state index is -4.00. The molecule has 2 heterocycles. The lowest BCUT2D eigenvalue weighted by atomic mass is 9.87. The molecule has 1 saturated heterocycles. The zero-order valence-corrected chi connectivity index (χ0v) is 19.4. The van der Waals surface area contributed by atoms with Crippen LogP contribution < -0.4 is 0 Å². The molecule has 1 fully saturated rings. The van der Waals surface area contributed by atoms with Crippen LogP contribution >= 0.6 is 11.6 Å². The number of fused-ring (bicyclic) bond motifs is 1. The quantitative estimate of drug-likeness (QED) is 0.539. The highest BCUT2D eigenvalue weighted by Crippen LogP contribution is 2.34. The number of hydrogen-bond acceptors (Lipinski definition) is 4. The Morgan fingerprint density at radius 3 is 2.29 bits per heavy atom. The summed E-state index contributed by atoms with van der Waals surface area (Å²) >= 11 is 6.20. The molecule has 0 unspecified atom stereocenters. The zero-order valence-electron chi connectivity index (χ0n) is 17.9. The van der Waals surface area contributed by atoms with Gasteiger partial charge in [-0.25, -0.2) is 8.42 Å². The Balaban J connectivity index is 1.94. The predicted octanol–water partition coefficient (Wildman–Crippen LogP) is 5.25. The molecule has 1 amide bonds. The maximum Gasteiger partial charge on any atom is 0.256 e. The van der Waals surface area contributed by atoms with Crippen molar-refractivity contribution in [1.82, 2.24) is 9.88 Å². The number of carbonyl (C=O) groups excluding carboxylic acids is 1. The van der Waals surface area contributed by atoms with Crippen LogP contribution in [0.4, 0.5) is 0 Å². The summed E-state index contributed by atoms with van der Waals surface area (Å²) in [7, 11) is -4.00. The second-order valence-electron chi connectivity index (χ2n) is 8.94. The summed E-state index contributed by atoms with van der Waals surface area (Å²) in [5, 5.41) is 0.747. The average molecular weight is 457 g/mol. The molecule has 1 aliphatic rings. The molecule has 1 aliphatic heterocycles. The Labute approximate surface area is 188 Å². The van der Waals surface area contributed by atoms with Gasteiger partial charge in [0.2, 0.25) is 9.84 Å². The van der Waals surface area contributed by atoms with E-state index in [4.69, 9.17) is 11.6 Å². The molecular weight excluding hydrogens is 432 g/mol. The van der Waals surface area contributed by atoms with Gasteiger partial charge >= 0.3 is 0 Å². The Hall–Kier alpha value is -2.44. The van der Waals surface area contributed by atoms with E-state index in [-0.39, 0.29) is 26.7 Å². The van der Waals surface area contributed by atoms with E-state index in [9.17, 15) is 13.2 Å². The fourth-order valence-electron chi connectivity index (χ4n) is 3.92. The number of halogens is 1. The molecule has 1 aromatic heterocycles. The molecule has 3 aromatic rings. The van der Waals surface area contributed by atoms with Crippen molar-refractivity contribution in [2.75, 3.05) is 13.1 Å². The molecule has 7 heteroatoms. The van der Waals surface area contributed by atoms with Crippen molar-refractivity contribution in [2.24, 2.45) is 0 Å². The lowest BCUT2D eigenvalue weighted by Gasteiger charge is -2.20. The van der Waals surface area contributed by atoms with Crippen molar-refractivity contribution >= 4 is 38.2 Å². The number of hydrogen-bond donors (Lipinski definition) is 0. The summed E-state index contributed by atoms with van der Waals surface area (Å²) in [6.07, 6.45) is 3.21. The fraction of sp³-hybridized carbons (Fsp3) is 0.333. The largest absolute Gasteiger partial charge is 0.339 e. The number of carbonyl (C=O) groups is 1. The van der Waals surface area contributed by atoms with Crippen molar-refractivity contribution in [1.29, 1.82) is 0 Å². The standard InChI is InChI=1S/C24H25ClN2O3S/c1-24(2,3)16-6-9-18(10-7-16)31(29,30)22-19-14-17(25)8-11-21(19)26-15-20(22)23(28)27-12-4-5-13-27/h6-11,14-15H,4-5,12-13H2,1-3H3. The lowest BCUT2D eigenvalue weighted by molar-refractivity contribution is 0.0789. The van der Waals surface area contributed by atoms with Gasteiger partial charge in [-0.15, -0.1) is 0 Å². The third kappa shape index (κ3) is 4.06. The predicted molar refractivity (Wildman–Crippen MR) is 122 cm³/mol. The Kier molecular flexibility index (Phi) is 5.56. The van der Waals surface area contributed by atoms with E-state index < -0.39 is 9.84 Å². The number of amides is 1. The lowest BCUT2D eigenvalue weighted by Crippen LogP contribution is -2.29. The first-order valence-electron chi connectivity index (χ1n) is 10.3. The first-order chi connectivity index (χ1) is 14.6. The van der Waals surface area contributed by atoms with E-state index in [1.54, 1.807) is 35.2 Å². The van der Waals surface area contributed by atoms with E-state index in [0.717, 1.165) is 18.4 Å². The summed E-state index contributed by atoms with van der Waals surface area (Å²) in [6.45, 7) is 7.45. The number of rotatable bonds is 3. The van der Waals surface area contributed by atoms with Gasteiger partial charge in [-0.1, -0.05) is 44.5 Å². The van der Waals surface area contributed by atoms with Crippen LogP contribution in [0.15, 0.2) is 58.5 Å². The van der Waals surface area contributed by atoms with Gasteiger partial charge in [-0.2, -0.15) is 0 Å². The molecule has 4 rings (SSSR count). The first kappa shape index (κ1) is 21.8. The number of pyridine rings is 1. The Morgan fingerprint density at radius 1 is 1.03 bits per heavy atom. The molecule has 5 nitrogen and oxygen atoms in total. The van der Waals surface area contributed by atoms with Crippen molar-refractivity contribution in [3.8, 4) is 0 Å². The van der Waals surface area contributed by atoms with Crippen LogP contribution in [0.3, 0.4) is 0 Å². The van der Waals surface area contributed by atoms with Gasteiger partial charge in [0.1, 0.15) is 0 Å². The van der Waals surface area contributed by atoms with E-state index in [2.05, 4.69) is 25.8 Å². The molecule has 0 N–H and O–H groups in total. The second-order valence-corrected chi connectivity index (χ2v) is 11.3. The van der Waals surface area contributed by atoms with Gasteiger partial charge in [-0.3, -0.25) is 9.78 Å². The average Bonchev–Trinajstić information content (AvgIpc) is 3.26. The zero-order chi connectivity index (χ0) is 22.4. The summed E-state index contributed by atoms with van der Waals surface area (Å²) in [6, 6.07) is 11.8. The monoisotopic (exact) mass is 456 g/mol. The summed E-state index contributed by atoms with van der Waals surface area (Å²) in [5.41, 5.74) is 1.50. The molecule has 0 radical (unpaired) electrons. The Morgan fingerprint density at radius 2 is 1.68 bits per heavy atom. The minimum Gasteiger partial charge on any atom is -0.339 e. The summed E-state index contributed by atoms with van der Waals surface area (Å²) < 4.78 is 27.6. The van der Waals surface area contributed by atoms with Crippen LogP contribution in [0.1, 0.15) is 49.5 Å². The number of benzene rings is 2. The van der Waals surface area contributed by atoms with Gasteiger partial charge in [0.15, 0.2) is 0 Å². The molecule has 0 aliphatic carbocycles. The highest BCUT2D eigenvalue weighted by molar-refractivity contribution is 7.91. The summed E-state index contributed by atoms with van der Waals surface area (Å²) in [5.74, 6) is -0.309. The fourth-order valence-corrected chi connectivity index (χ4v) is 5.71. The van der Waals surface area contributed by atoms with E-state index in [0.29, 0.717) is 29.0 Å². The number of aromatic nitrogens is 1. The van der Waals surface area contributed by atoms with Gasteiger partial charge in [0.05, 0.1) is 20.9 Å². The molecule has 162 valence electrons. The Bertz CT molecular complexity index is 1260. The van der Waals surface area contributed by atoms with Crippen molar-refractivity contribution in [3.05, 3.63) is 64.8 Å². The molecule has 31 heavy (non-hydrogen) atoms. The van der Waals surface area contributed by atoms with Crippen LogP contribution in [-0.4, -0.2) is 37.3 Å². The molecule has 0 atom stereocenters. The third-order valence-electron chi connectivity index (χ3n) is 5.70. The van der Waals surface area contributed by atoms with Crippen molar-refractivity contribution in [2.45, 2.75) is 48.8 Å². The SMILES string of the molecule is CC(C)(C)c1ccc(S(=O)(=O)c2c(C(=O)N3CCCC3)cnc3ccc(Cl)cc23)cc1. The normalized spacial score (nSPS) is 14.9. The maximum atomic E-state index is 13.8. The van der Waals surface area contributed by atoms with Gasteiger partial charge in [0, 0.05) is 29.7 Å². The molecular formula is C24H25ClN2O3S. The molecule has 0 saturated carbocycles. The van der Waals surface area contributed by atoms with Crippen LogP contribution in [0.5, 0.6) is 0 Å². The van der Waals surface area contributed by atoms with E-state index in [1.807, 2.05) is 12.1 Å². The van der Waals surface area contributed by atoms with E-state index in [1.165, 1.54) is 6.20 Å². The summed E-state index contributed by atoms with van der Waals surface area (Å²) in [4.78, 5) is 19.4. The van der Waals surface area contributed by atoms with Crippen LogP contribution in [0.2, 0.25) is 5.02 Å². The highest BCUT2D eigenvalue weighted by atomic mass is 35.5. The van der Waals surface area contributed by atoms with Crippen LogP contribution in [0, 0.1) is 0 Å². The van der Waals surface area contributed by atoms with Gasteiger partial charge in [-0.05, 0) is 54.2 Å². The van der Waals surface area contributed by atoms with Crippen LogP contribution in [-0.2, 0) is 15.3 Å². The molecule has 0 bridgehead atoms. The molecule has 0 spiro atoms. The smallest absolute Gasteiger partial charge is 0.256 e. The number of likely N-dealkylation sites (tertiary alicyclic amines) is 1. The third-order valence-corrected chi connectivity index (χ3v) is 7.81. The highest BCUT2D eigenvalue weighted by Gasteiger charge is 2.31. The second kappa shape index (κ2) is 7.92. The van der Waals surface area contributed by atoms with Gasteiger partial charge < -0.3 is 4.90 Å². The number of sulfone groups is 1. The van der Waals surface area contributed by atoms with Gasteiger partial charge in [0.25, 0.3) is 5.91 Å². The molecule has 2 aromatic carbocycles. The van der Waals surface area contributed by atoms with E-state index >= 15 is 0 Å². The maximum absolute atomic E-state index is 13.8. The number of nitrogens with zero attached hydrogens (tertiary/aromatic N) is 2. The topological polar surface area (TPSA) is 67.3 Å².